The van der Waals surface area contributed by atoms with Crippen LogP contribution < -0.4 is 14.8 Å². The molecule has 1 aromatic carbocycles. The summed E-state index contributed by atoms with van der Waals surface area (Å²) < 4.78 is 15.0. The van der Waals surface area contributed by atoms with Gasteiger partial charge in [0.25, 0.3) is 0 Å². The summed E-state index contributed by atoms with van der Waals surface area (Å²) in [5.74, 6) is 0.402. The van der Waals surface area contributed by atoms with Crippen LogP contribution >= 0.6 is 0 Å². The van der Waals surface area contributed by atoms with Gasteiger partial charge in [0, 0.05) is 6.54 Å². The summed E-state index contributed by atoms with van der Waals surface area (Å²) in [6.07, 6.45) is -1.43. The van der Waals surface area contributed by atoms with Crippen LogP contribution in [-0.2, 0) is 4.74 Å². The van der Waals surface area contributed by atoms with E-state index in [9.17, 15) is 9.59 Å². The van der Waals surface area contributed by atoms with Gasteiger partial charge in [-0.3, -0.25) is 0 Å². The molecule has 0 atom stereocenters. The highest BCUT2D eigenvalue weighted by atomic mass is 16.7. The van der Waals surface area contributed by atoms with Crippen molar-refractivity contribution in [1.29, 1.82) is 0 Å². The summed E-state index contributed by atoms with van der Waals surface area (Å²) in [7, 11) is 0. The molecule has 0 heterocycles. The molecule has 0 fully saturated rings. The lowest BCUT2D eigenvalue weighted by atomic mass is 10.1. The van der Waals surface area contributed by atoms with Crippen molar-refractivity contribution in [3.05, 3.63) is 23.3 Å². The Balaban J connectivity index is 3.04. The zero-order chi connectivity index (χ0) is 15.1. The Labute approximate surface area is 118 Å². The standard InChI is InChI=1S/C14H19NO5/c1-5-15-13(16)19-11-9(3)7-8-10(4)12(11)20-14(17)18-6-2/h7-8H,5-6H2,1-4H3,(H,15,16). The third kappa shape index (κ3) is 4.15. The molecule has 0 radical (unpaired) electrons. The fourth-order valence-electron chi connectivity index (χ4n) is 1.52. The molecular formula is C14H19NO5. The Morgan fingerprint density at radius 1 is 1.05 bits per heavy atom. The zero-order valence-corrected chi connectivity index (χ0v) is 12.1. The molecule has 1 aromatic rings. The summed E-state index contributed by atoms with van der Waals surface area (Å²) in [6.45, 7) is 7.61. The maximum absolute atomic E-state index is 11.5. The predicted octanol–water partition coefficient (Wildman–Crippen LogP) is 2.95. The zero-order valence-electron chi connectivity index (χ0n) is 12.1. The number of carbonyl (C=O) groups is 2. The number of benzene rings is 1. The third-order valence-corrected chi connectivity index (χ3v) is 2.47. The highest BCUT2D eigenvalue weighted by Gasteiger charge is 2.18. The van der Waals surface area contributed by atoms with E-state index in [4.69, 9.17) is 14.2 Å². The van der Waals surface area contributed by atoms with E-state index in [0.29, 0.717) is 17.7 Å². The van der Waals surface area contributed by atoms with Gasteiger partial charge in [-0.1, -0.05) is 12.1 Å². The second-order valence-corrected chi connectivity index (χ2v) is 4.06. The summed E-state index contributed by atoms with van der Waals surface area (Å²) in [5, 5.41) is 2.51. The SMILES string of the molecule is CCNC(=O)Oc1c(C)ccc(C)c1OC(=O)OCC. The average Bonchev–Trinajstić information content (AvgIpc) is 2.38. The first-order valence-corrected chi connectivity index (χ1v) is 6.40. The summed E-state index contributed by atoms with van der Waals surface area (Å²) >= 11 is 0. The fraction of sp³-hybridized carbons (Fsp3) is 0.429. The lowest BCUT2D eigenvalue weighted by molar-refractivity contribution is 0.102. The molecule has 0 aliphatic heterocycles. The summed E-state index contributed by atoms with van der Waals surface area (Å²) in [4.78, 5) is 23.0. The van der Waals surface area contributed by atoms with E-state index in [2.05, 4.69) is 5.32 Å². The number of carbonyl (C=O) groups excluding carboxylic acids is 2. The van der Waals surface area contributed by atoms with Crippen molar-refractivity contribution < 1.29 is 23.8 Å². The quantitative estimate of drug-likeness (QED) is 0.678. The smallest absolute Gasteiger partial charge is 0.434 e. The van der Waals surface area contributed by atoms with Gasteiger partial charge in [0.1, 0.15) is 0 Å². The van der Waals surface area contributed by atoms with Gasteiger partial charge in [-0.05, 0) is 38.8 Å². The van der Waals surface area contributed by atoms with E-state index in [0.717, 1.165) is 0 Å². The van der Waals surface area contributed by atoms with Crippen LogP contribution in [0.3, 0.4) is 0 Å². The molecule has 0 aliphatic rings. The van der Waals surface area contributed by atoms with Gasteiger partial charge in [-0.15, -0.1) is 0 Å². The van der Waals surface area contributed by atoms with Gasteiger partial charge in [0.15, 0.2) is 11.5 Å². The van der Waals surface area contributed by atoms with Gasteiger partial charge in [-0.25, -0.2) is 9.59 Å². The van der Waals surface area contributed by atoms with Crippen LogP contribution in [0, 0.1) is 13.8 Å². The lowest BCUT2D eigenvalue weighted by Crippen LogP contribution is -2.27. The van der Waals surface area contributed by atoms with Gasteiger partial charge in [-0.2, -0.15) is 0 Å². The van der Waals surface area contributed by atoms with Crippen LogP contribution in [0.25, 0.3) is 0 Å². The monoisotopic (exact) mass is 281 g/mol. The Kier molecular flexibility index (Phi) is 5.83. The molecule has 1 N–H and O–H groups in total. The Morgan fingerprint density at radius 3 is 2.10 bits per heavy atom. The molecule has 0 aromatic heterocycles. The molecule has 0 saturated carbocycles. The van der Waals surface area contributed by atoms with Gasteiger partial charge >= 0.3 is 12.2 Å². The van der Waals surface area contributed by atoms with Crippen molar-refractivity contribution >= 4 is 12.2 Å². The molecule has 0 bridgehead atoms. The molecule has 6 heteroatoms. The number of aryl methyl sites for hydroxylation is 2. The van der Waals surface area contributed by atoms with Gasteiger partial charge < -0.3 is 19.5 Å². The number of ether oxygens (including phenoxy) is 3. The van der Waals surface area contributed by atoms with Crippen LogP contribution in [0.5, 0.6) is 11.5 Å². The van der Waals surface area contributed by atoms with Gasteiger partial charge in [0.05, 0.1) is 6.61 Å². The van der Waals surface area contributed by atoms with E-state index in [1.165, 1.54) is 0 Å². The van der Waals surface area contributed by atoms with E-state index < -0.39 is 12.2 Å². The number of nitrogens with one attached hydrogen (secondary N) is 1. The van der Waals surface area contributed by atoms with Crippen LogP contribution in [-0.4, -0.2) is 25.4 Å². The molecule has 0 spiro atoms. The van der Waals surface area contributed by atoms with Gasteiger partial charge in [0.2, 0.25) is 0 Å². The van der Waals surface area contributed by atoms with Crippen molar-refractivity contribution in [2.75, 3.05) is 13.2 Å². The maximum atomic E-state index is 11.5. The normalized spacial score (nSPS) is 9.80. The molecule has 1 amide bonds. The number of rotatable bonds is 4. The first-order chi connectivity index (χ1) is 9.49. The average molecular weight is 281 g/mol. The van der Waals surface area contributed by atoms with Crippen molar-refractivity contribution in [3.63, 3.8) is 0 Å². The molecule has 0 saturated heterocycles. The molecule has 1 rings (SSSR count). The third-order valence-electron chi connectivity index (χ3n) is 2.47. The van der Waals surface area contributed by atoms with Crippen LogP contribution in [0.1, 0.15) is 25.0 Å². The van der Waals surface area contributed by atoms with Crippen molar-refractivity contribution in [2.24, 2.45) is 0 Å². The first-order valence-electron chi connectivity index (χ1n) is 6.40. The molecule has 110 valence electrons. The maximum Gasteiger partial charge on any atom is 0.513 e. The Bertz CT molecular complexity index is 454. The largest absolute Gasteiger partial charge is 0.513 e. The van der Waals surface area contributed by atoms with Crippen molar-refractivity contribution in [2.45, 2.75) is 27.7 Å². The Hall–Kier alpha value is -2.24. The van der Waals surface area contributed by atoms with Crippen molar-refractivity contribution in [1.82, 2.24) is 5.32 Å². The molecule has 0 aliphatic carbocycles. The first kappa shape index (κ1) is 15.8. The topological polar surface area (TPSA) is 73.9 Å². The fourth-order valence-corrected chi connectivity index (χ4v) is 1.52. The number of hydrogen-bond donors (Lipinski definition) is 1. The molecular weight excluding hydrogens is 262 g/mol. The second-order valence-electron chi connectivity index (χ2n) is 4.06. The minimum absolute atomic E-state index is 0.190. The second kappa shape index (κ2) is 7.37. The molecule has 0 unspecified atom stereocenters. The summed E-state index contributed by atoms with van der Waals surface area (Å²) in [5.41, 5.74) is 1.35. The van der Waals surface area contributed by atoms with Crippen LogP contribution in [0.2, 0.25) is 0 Å². The van der Waals surface area contributed by atoms with E-state index in [-0.39, 0.29) is 18.1 Å². The predicted molar refractivity (Wildman–Crippen MR) is 73.3 cm³/mol. The number of amides is 1. The molecule has 20 heavy (non-hydrogen) atoms. The van der Waals surface area contributed by atoms with E-state index >= 15 is 0 Å². The molecule has 6 nitrogen and oxygen atoms in total. The van der Waals surface area contributed by atoms with Crippen LogP contribution in [0.15, 0.2) is 12.1 Å². The summed E-state index contributed by atoms with van der Waals surface area (Å²) in [6, 6.07) is 3.55. The lowest BCUT2D eigenvalue weighted by Gasteiger charge is -2.14. The minimum Gasteiger partial charge on any atom is -0.434 e. The van der Waals surface area contributed by atoms with Crippen molar-refractivity contribution in [3.8, 4) is 11.5 Å². The van der Waals surface area contributed by atoms with Crippen LogP contribution in [0.4, 0.5) is 9.59 Å². The number of hydrogen-bond acceptors (Lipinski definition) is 5. The van der Waals surface area contributed by atoms with E-state index in [1.807, 2.05) is 0 Å². The Morgan fingerprint density at radius 2 is 1.60 bits per heavy atom. The highest BCUT2D eigenvalue weighted by molar-refractivity contribution is 5.74. The highest BCUT2D eigenvalue weighted by Crippen LogP contribution is 2.34. The minimum atomic E-state index is -0.832. The van der Waals surface area contributed by atoms with E-state index in [1.54, 1.807) is 39.8 Å².